The second-order valence-corrected chi connectivity index (χ2v) is 8.69. The number of likely N-dealkylation sites (tertiary alicyclic amines) is 1. The summed E-state index contributed by atoms with van der Waals surface area (Å²) >= 11 is 0. The van der Waals surface area contributed by atoms with Gasteiger partial charge in [-0.2, -0.15) is 5.10 Å². The minimum absolute atomic E-state index is 0.0400. The predicted molar refractivity (Wildman–Crippen MR) is 125 cm³/mol. The molecule has 180 valence electrons. The molecule has 1 saturated heterocycles. The Hall–Kier alpha value is -4.18. The van der Waals surface area contributed by atoms with Gasteiger partial charge in [0.1, 0.15) is 18.5 Å². The van der Waals surface area contributed by atoms with Gasteiger partial charge < -0.3 is 19.8 Å². The smallest absolute Gasteiger partial charge is 0.412 e. The number of nitrogens with zero attached hydrogens (tertiary/aromatic N) is 3. The van der Waals surface area contributed by atoms with Crippen molar-refractivity contribution in [2.75, 3.05) is 18.5 Å². The van der Waals surface area contributed by atoms with Crippen molar-refractivity contribution in [3.8, 4) is 11.1 Å². The second-order valence-electron chi connectivity index (χ2n) is 8.69. The lowest BCUT2D eigenvalue weighted by atomic mass is 9.98. The molecule has 35 heavy (non-hydrogen) atoms. The van der Waals surface area contributed by atoms with Crippen molar-refractivity contribution in [3.05, 3.63) is 71.4 Å². The molecule has 0 radical (unpaired) electrons. The van der Waals surface area contributed by atoms with Crippen LogP contribution in [0.4, 0.5) is 10.6 Å². The van der Waals surface area contributed by atoms with Crippen LogP contribution in [-0.4, -0.2) is 68.2 Å². The number of aromatic nitrogens is 2. The lowest BCUT2D eigenvalue weighted by molar-refractivity contribution is -0.141. The van der Waals surface area contributed by atoms with Crippen molar-refractivity contribution in [1.29, 1.82) is 0 Å². The molecule has 2 amide bonds. The summed E-state index contributed by atoms with van der Waals surface area (Å²) in [5.74, 6) is -1.70. The Morgan fingerprint density at radius 1 is 1.09 bits per heavy atom. The van der Waals surface area contributed by atoms with Crippen LogP contribution in [0, 0.1) is 0 Å². The third-order valence-corrected chi connectivity index (χ3v) is 6.50. The second kappa shape index (κ2) is 8.88. The van der Waals surface area contributed by atoms with Crippen molar-refractivity contribution in [2.45, 2.75) is 24.5 Å². The van der Waals surface area contributed by atoms with E-state index < -0.39 is 30.1 Å². The lowest BCUT2D eigenvalue weighted by Gasteiger charge is -2.19. The van der Waals surface area contributed by atoms with E-state index in [1.165, 1.54) is 10.7 Å². The maximum absolute atomic E-state index is 12.8. The van der Waals surface area contributed by atoms with Gasteiger partial charge in [-0.3, -0.25) is 14.8 Å². The first-order valence-corrected chi connectivity index (χ1v) is 11.2. The lowest BCUT2D eigenvalue weighted by Crippen LogP contribution is -2.40. The van der Waals surface area contributed by atoms with Gasteiger partial charge in [-0.1, -0.05) is 48.5 Å². The molecule has 1 fully saturated rings. The van der Waals surface area contributed by atoms with Crippen molar-refractivity contribution >= 4 is 23.8 Å². The number of carbonyl (C=O) groups excluding carboxylic acids is 2. The number of hydrogen-bond donors (Lipinski definition) is 3. The molecule has 10 nitrogen and oxygen atoms in total. The third-order valence-electron chi connectivity index (χ3n) is 6.50. The van der Waals surface area contributed by atoms with Crippen LogP contribution in [-0.2, 0) is 16.6 Å². The SMILES string of the molecule is Cn1nc(C(=O)N2C[C@H](O)C[C@@H]2C(=O)O)cc1NC(=O)OCC1c2ccccc2-c2ccccc21. The van der Waals surface area contributed by atoms with Crippen LogP contribution in [0.2, 0.25) is 0 Å². The summed E-state index contributed by atoms with van der Waals surface area (Å²) in [5, 5.41) is 25.9. The van der Waals surface area contributed by atoms with Gasteiger partial charge >= 0.3 is 12.1 Å². The van der Waals surface area contributed by atoms with E-state index in [9.17, 15) is 24.6 Å². The highest BCUT2D eigenvalue weighted by Crippen LogP contribution is 2.44. The number of aliphatic hydroxyl groups excluding tert-OH is 1. The van der Waals surface area contributed by atoms with Gasteiger partial charge in [-0.05, 0) is 22.3 Å². The maximum atomic E-state index is 12.8. The van der Waals surface area contributed by atoms with E-state index in [0.29, 0.717) is 0 Å². The first-order chi connectivity index (χ1) is 16.8. The Morgan fingerprint density at radius 2 is 1.71 bits per heavy atom. The average molecular weight is 476 g/mol. The van der Waals surface area contributed by atoms with E-state index >= 15 is 0 Å². The van der Waals surface area contributed by atoms with Crippen LogP contribution < -0.4 is 5.32 Å². The van der Waals surface area contributed by atoms with Crippen LogP contribution >= 0.6 is 0 Å². The topological polar surface area (TPSA) is 134 Å². The molecule has 1 aliphatic carbocycles. The Bertz CT molecular complexity index is 1270. The number of ether oxygens (including phenoxy) is 1. The number of anilines is 1. The van der Waals surface area contributed by atoms with E-state index in [-0.39, 0.29) is 37.0 Å². The Kier molecular flexibility index (Phi) is 5.73. The molecule has 2 aliphatic rings. The molecule has 2 heterocycles. The molecule has 2 aromatic carbocycles. The average Bonchev–Trinajstić information content (AvgIpc) is 3.51. The summed E-state index contributed by atoms with van der Waals surface area (Å²) in [5.41, 5.74) is 4.39. The van der Waals surface area contributed by atoms with Crippen LogP contribution in [0.1, 0.15) is 34.0 Å². The van der Waals surface area contributed by atoms with Crippen molar-refractivity contribution in [1.82, 2.24) is 14.7 Å². The highest BCUT2D eigenvalue weighted by atomic mass is 16.5. The number of rotatable bonds is 5. The molecule has 1 aromatic heterocycles. The van der Waals surface area contributed by atoms with E-state index in [1.54, 1.807) is 7.05 Å². The minimum atomic E-state index is -1.19. The fourth-order valence-corrected chi connectivity index (χ4v) is 4.85. The summed E-state index contributed by atoms with van der Waals surface area (Å²) in [6.45, 7) is 0.0387. The Balaban J connectivity index is 1.26. The number of nitrogens with one attached hydrogen (secondary N) is 1. The summed E-state index contributed by atoms with van der Waals surface area (Å²) < 4.78 is 6.84. The van der Waals surface area contributed by atoms with E-state index in [0.717, 1.165) is 27.2 Å². The third kappa shape index (κ3) is 4.12. The largest absolute Gasteiger partial charge is 0.480 e. The van der Waals surface area contributed by atoms with Gasteiger partial charge in [0.2, 0.25) is 0 Å². The molecule has 5 rings (SSSR count). The summed E-state index contributed by atoms with van der Waals surface area (Å²) in [6.07, 6.45) is -1.66. The fourth-order valence-electron chi connectivity index (χ4n) is 4.85. The highest BCUT2D eigenvalue weighted by Gasteiger charge is 2.40. The van der Waals surface area contributed by atoms with Crippen molar-refractivity contribution in [2.24, 2.45) is 7.05 Å². The first-order valence-electron chi connectivity index (χ1n) is 11.2. The number of hydrogen-bond acceptors (Lipinski definition) is 6. The molecule has 0 saturated carbocycles. The molecule has 0 unspecified atom stereocenters. The van der Waals surface area contributed by atoms with E-state index in [1.807, 2.05) is 36.4 Å². The van der Waals surface area contributed by atoms with Gasteiger partial charge in [0, 0.05) is 32.0 Å². The zero-order valence-corrected chi connectivity index (χ0v) is 18.9. The predicted octanol–water partition coefficient (Wildman–Crippen LogP) is 2.44. The van der Waals surface area contributed by atoms with Crippen LogP contribution in [0.5, 0.6) is 0 Å². The molecular weight excluding hydrogens is 452 g/mol. The molecule has 0 spiro atoms. The number of fused-ring (bicyclic) bond motifs is 3. The molecule has 10 heteroatoms. The molecule has 3 N–H and O–H groups in total. The number of benzene rings is 2. The first kappa shape index (κ1) is 22.6. The van der Waals surface area contributed by atoms with Crippen molar-refractivity contribution in [3.63, 3.8) is 0 Å². The zero-order chi connectivity index (χ0) is 24.7. The summed E-state index contributed by atoms with van der Waals surface area (Å²) in [4.78, 5) is 37.9. The number of aryl methyl sites for hydroxylation is 1. The Labute approximate surface area is 200 Å². The number of carboxylic acids is 1. The van der Waals surface area contributed by atoms with Crippen LogP contribution in [0.3, 0.4) is 0 Å². The minimum Gasteiger partial charge on any atom is -0.480 e. The normalized spacial score (nSPS) is 18.7. The summed E-state index contributed by atoms with van der Waals surface area (Å²) in [6, 6.07) is 16.3. The monoisotopic (exact) mass is 476 g/mol. The van der Waals surface area contributed by atoms with Crippen molar-refractivity contribution < 1.29 is 29.3 Å². The standard InChI is InChI=1S/C25H24N4O6/c1-28-22(11-20(27-28)23(31)29-12-14(30)10-21(29)24(32)33)26-25(34)35-13-19-17-8-4-2-6-15(17)16-7-3-5-9-18(16)19/h2-9,11,14,19,21,30H,10,12-13H2,1H3,(H,26,34)(H,32,33)/t14-,21-/m1/s1. The molecule has 3 aromatic rings. The van der Waals surface area contributed by atoms with Crippen LogP contribution in [0.25, 0.3) is 11.1 Å². The molecular formula is C25H24N4O6. The number of β-amino-alcohol motifs (C(OH)–C–C–N with tert-alkyl or cyclic N) is 1. The number of aliphatic hydroxyl groups is 1. The maximum Gasteiger partial charge on any atom is 0.412 e. The quantitative estimate of drug-likeness (QED) is 0.515. The van der Waals surface area contributed by atoms with Gasteiger partial charge in [-0.25, -0.2) is 9.59 Å². The summed E-state index contributed by atoms with van der Waals surface area (Å²) in [7, 11) is 1.55. The molecule has 1 aliphatic heterocycles. The highest BCUT2D eigenvalue weighted by molar-refractivity contribution is 5.97. The van der Waals surface area contributed by atoms with E-state index in [4.69, 9.17) is 4.74 Å². The number of carboxylic acid groups (broad SMARTS) is 1. The number of amides is 2. The Morgan fingerprint density at radius 3 is 2.34 bits per heavy atom. The zero-order valence-electron chi connectivity index (χ0n) is 18.9. The number of carbonyl (C=O) groups is 3. The van der Waals surface area contributed by atoms with Gasteiger partial charge in [0.05, 0.1) is 6.10 Å². The van der Waals surface area contributed by atoms with E-state index in [2.05, 4.69) is 22.5 Å². The van der Waals surface area contributed by atoms with Crippen LogP contribution in [0.15, 0.2) is 54.6 Å². The van der Waals surface area contributed by atoms with Gasteiger partial charge in [0.15, 0.2) is 5.69 Å². The number of aliphatic carboxylic acids is 1. The van der Waals surface area contributed by atoms with Gasteiger partial charge in [-0.15, -0.1) is 0 Å². The van der Waals surface area contributed by atoms with Gasteiger partial charge in [0.25, 0.3) is 5.91 Å². The fraction of sp³-hybridized carbons (Fsp3) is 0.280. The molecule has 2 atom stereocenters. The molecule has 0 bridgehead atoms.